The molecule has 1 aliphatic rings. The Morgan fingerprint density at radius 3 is 2.58 bits per heavy atom. The molecular formula is C18H18Cl2N4. The van der Waals surface area contributed by atoms with E-state index in [0.717, 1.165) is 38.4 Å². The highest BCUT2D eigenvalue weighted by molar-refractivity contribution is 6.42. The maximum absolute atomic E-state index is 6.13. The molecule has 0 aliphatic carbocycles. The van der Waals surface area contributed by atoms with Gasteiger partial charge in [-0.1, -0.05) is 29.3 Å². The third-order valence-electron chi connectivity index (χ3n) is 4.54. The molecule has 0 spiro atoms. The zero-order chi connectivity index (χ0) is 16.5. The number of rotatable bonds is 3. The fourth-order valence-corrected chi connectivity index (χ4v) is 3.49. The zero-order valence-corrected chi connectivity index (χ0v) is 14.7. The predicted molar refractivity (Wildman–Crippen MR) is 99.1 cm³/mol. The fourth-order valence-electron chi connectivity index (χ4n) is 3.20. The number of hydrogen-bond donors (Lipinski definition) is 0. The largest absolute Gasteiger partial charge is 0.369 e. The minimum atomic E-state index is 0.604. The van der Waals surface area contributed by atoms with Crippen molar-refractivity contribution in [2.45, 2.75) is 6.54 Å². The van der Waals surface area contributed by atoms with Crippen LogP contribution in [-0.4, -0.2) is 40.7 Å². The smallest absolute Gasteiger partial charge is 0.0706 e. The van der Waals surface area contributed by atoms with Crippen molar-refractivity contribution in [3.8, 4) is 0 Å². The van der Waals surface area contributed by atoms with Crippen LogP contribution in [0.5, 0.6) is 0 Å². The SMILES string of the molecule is Clc1ccc(N2CCN(Cc3cnn4ccccc34)CC2)cc1Cl. The van der Waals surface area contributed by atoms with Gasteiger partial charge in [0.1, 0.15) is 0 Å². The third kappa shape index (κ3) is 3.09. The van der Waals surface area contributed by atoms with E-state index in [0.29, 0.717) is 10.0 Å². The van der Waals surface area contributed by atoms with Gasteiger partial charge >= 0.3 is 0 Å². The first kappa shape index (κ1) is 15.8. The number of fused-ring (bicyclic) bond motifs is 1. The number of halogens is 2. The van der Waals surface area contributed by atoms with Gasteiger partial charge in [-0.25, -0.2) is 4.52 Å². The van der Waals surface area contributed by atoms with Crippen molar-refractivity contribution >= 4 is 34.4 Å². The van der Waals surface area contributed by atoms with Gasteiger partial charge in [0.2, 0.25) is 0 Å². The van der Waals surface area contributed by atoms with Crippen molar-refractivity contribution in [3.05, 3.63) is 64.4 Å². The van der Waals surface area contributed by atoms with Gasteiger partial charge in [-0.2, -0.15) is 5.10 Å². The maximum atomic E-state index is 6.13. The molecule has 0 bridgehead atoms. The summed E-state index contributed by atoms with van der Waals surface area (Å²) in [6, 6.07) is 12.0. The van der Waals surface area contributed by atoms with E-state index < -0.39 is 0 Å². The lowest BCUT2D eigenvalue weighted by Gasteiger charge is -2.36. The van der Waals surface area contributed by atoms with E-state index in [4.69, 9.17) is 23.2 Å². The second-order valence-electron chi connectivity index (χ2n) is 6.06. The van der Waals surface area contributed by atoms with Gasteiger partial charge in [-0.15, -0.1) is 0 Å². The summed E-state index contributed by atoms with van der Waals surface area (Å²) in [4.78, 5) is 4.83. The highest BCUT2D eigenvalue weighted by atomic mass is 35.5. The fraction of sp³-hybridized carbons (Fsp3) is 0.278. The van der Waals surface area contributed by atoms with Crippen molar-refractivity contribution < 1.29 is 0 Å². The van der Waals surface area contributed by atoms with Gasteiger partial charge in [-0.3, -0.25) is 4.90 Å². The Hall–Kier alpha value is -1.75. The summed E-state index contributed by atoms with van der Waals surface area (Å²) in [5.74, 6) is 0. The molecule has 0 saturated carbocycles. The second-order valence-corrected chi connectivity index (χ2v) is 6.88. The van der Waals surface area contributed by atoms with Crippen LogP contribution in [0.4, 0.5) is 5.69 Å². The number of aromatic nitrogens is 2. The Labute approximate surface area is 151 Å². The van der Waals surface area contributed by atoms with Crippen LogP contribution in [0.2, 0.25) is 10.0 Å². The molecule has 6 heteroatoms. The van der Waals surface area contributed by atoms with Crippen LogP contribution in [0.3, 0.4) is 0 Å². The molecular weight excluding hydrogens is 343 g/mol. The zero-order valence-electron chi connectivity index (χ0n) is 13.2. The summed E-state index contributed by atoms with van der Waals surface area (Å²) in [5, 5.41) is 5.63. The molecule has 2 aromatic heterocycles. The van der Waals surface area contributed by atoms with Gasteiger partial charge < -0.3 is 4.90 Å². The molecule has 0 atom stereocenters. The Kier molecular flexibility index (Phi) is 4.35. The first-order chi connectivity index (χ1) is 11.7. The number of benzene rings is 1. The van der Waals surface area contributed by atoms with Gasteiger partial charge in [0, 0.05) is 50.2 Å². The Balaban J connectivity index is 1.42. The topological polar surface area (TPSA) is 23.8 Å². The molecule has 24 heavy (non-hydrogen) atoms. The van der Waals surface area contributed by atoms with Crippen LogP contribution in [-0.2, 0) is 6.54 Å². The van der Waals surface area contributed by atoms with E-state index in [1.165, 1.54) is 11.1 Å². The van der Waals surface area contributed by atoms with Crippen molar-refractivity contribution in [2.24, 2.45) is 0 Å². The molecule has 124 valence electrons. The molecule has 0 unspecified atom stereocenters. The standard InChI is InChI=1S/C18H18Cl2N4/c19-16-5-4-15(11-17(16)20)23-9-7-22(8-10-23)13-14-12-21-24-6-2-1-3-18(14)24/h1-6,11-12H,7-10,13H2. The molecule has 4 rings (SSSR count). The number of pyridine rings is 1. The van der Waals surface area contributed by atoms with E-state index in [2.05, 4.69) is 27.0 Å². The second kappa shape index (κ2) is 6.63. The lowest BCUT2D eigenvalue weighted by atomic mass is 10.2. The minimum absolute atomic E-state index is 0.604. The predicted octanol–water partition coefficient (Wildman–Crippen LogP) is 3.96. The molecule has 1 fully saturated rings. The first-order valence-electron chi connectivity index (χ1n) is 8.04. The molecule has 3 heterocycles. The van der Waals surface area contributed by atoms with Crippen molar-refractivity contribution in [3.63, 3.8) is 0 Å². The molecule has 1 saturated heterocycles. The van der Waals surface area contributed by atoms with Crippen molar-refractivity contribution in [1.29, 1.82) is 0 Å². The monoisotopic (exact) mass is 360 g/mol. The van der Waals surface area contributed by atoms with E-state index in [1.807, 2.05) is 41.2 Å². The summed E-state index contributed by atoms with van der Waals surface area (Å²) in [6.45, 7) is 4.94. The summed E-state index contributed by atoms with van der Waals surface area (Å²) in [6.07, 6.45) is 3.96. The lowest BCUT2D eigenvalue weighted by molar-refractivity contribution is 0.250. The Morgan fingerprint density at radius 2 is 1.79 bits per heavy atom. The molecule has 1 aliphatic heterocycles. The van der Waals surface area contributed by atoms with E-state index >= 15 is 0 Å². The van der Waals surface area contributed by atoms with Gasteiger partial charge in [0.15, 0.2) is 0 Å². The average molecular weight is 361 g/mol. The number of piperazine rings is 1. The molecule has 0 amide bonds. The minimum Gasteiger partial charge on any atom is -0.369 e. The maximum Gasteiger partial charge on any atom is 0.0706 e. The molecule has 3 aromatic rings. The normalized spacial score (nSPS) is 16.0. The van der Waals surface area contributed by atoms with E-state index in [-0.39, 0.29) is 0 Å². The highest BCUT2D eigenvalue weighted by Gasteiger charge is 2.19. The summed E-state index contributed by atoms with van der Waals surface area (Å²) >= 11 is 12.1. The Morgan fingerprint density at radius 1 is 0.958 bits per heavy atom. The molecule has 0 N–H and O–H groups in total. The first-order valence-corrected chi connectivity index (χ1v) is 8.80. The summed E-state index contributed by atoms with van der Waals surface area (Å²) < 4.78 is 1.93. The number of hydrogen-bond acceptors (Lipinski definition) is 3. The van der Waals surface area contributed by atoms with Crippen LogP contribution in [0.15, 0.2) is 48.8 Å². The Bertz CT molecular complexity index is 853. The summed E-state index contributed by atoms with van der Waals surface area (Å²) in [7, 11) is 0. The van der Waals surface area contributed by atoms with Gasteiger partial charge in [-0.05, 0) is 30.3 Å². The van der Waals surface area contributed by atoms with Crippen molar-refractivity contribution in [2.75, 3.05) is 31.1 Å². The average Bonchev–Trinajstić information content (AvgIpc) is 3.01. The quantitative estimate of drug-likeness (QED) is 0.706. The number of anilines is 1. The number of nitrogens with zero attached hydrogens (tertiary/aromatic N) is 4. The molecule has 1 aromatic carbocycles. The van der Waals surface area contributed by atoms with E-state index in [9.17, 15) is 0 Å². The van der Waals surface area contributed by atoms with Gasteiger partial charge in [0.05, 0.1) is 21.8 Å². The lowest BCUT2D eigenvalue weighted by Crippen LogP contribution is -2.45. The third-order valence-corrected chi connectivity index (χ3v) is 5.28. The van der Waals surface area contributed by atoms with Crippen LogP contribution in [0.1, 0.15) is 5.56 Å². The molecule has 0 radical (unpaired) electrons. The summed E-state index contributed by atoms with van der Waals surface area (Å²) in [5.41, 5.74) is 3.60. The van der Waals surface area contributed by atoms with Crippen LogP contribution in [0, 0.1) is 0 Å². The van der Waals surface area contributed by atoms with Gasteiger partial charge in [0.25, 0.3) is 0 Å². The van der Waals surface area contributed by atoms with Crippen LogP contribution in [0.25, 0.3) is 5.52 Å². The van der Waals surface area contributed by atoms with E-state index in [1.54, 1.807) is 0 Å². The highest BCUT2D eigenvalue weighted by Crippen LogP contribution is 2.28. The van der Waals surface area contributed by atoms with Crippen LogP contribution >= 0.6 is 23.2 Å². The molecule has 4 nitrogen and oxygen atoms in total. The van der Waals surface area contributed by atoms with Crippen LogP contribution < -0.4 is 4.90 Å². The van der Waals surface area contributed by atoms with Crippen molar-refractivity contribution in [1.82, 2.24) is 14.5 Å².